The Morgan fingerprint density at radius 3 is 2.55 bits per heavy atom. The van der Waals surface area contributed by atoms with Crippen LogP contribution in [0.2, 0.25) is 0 Å². The number of benzene rings is 2. The molecule has 2 N–H and O–H groups in total. The van der Waals surface area contributed by atoms with E-state index in [9.17, 15) is 28.1 Å². The third-order valence-electron chi connectivity index (χ3n) is 3.93. The van der Waals surface area contributed by atoms with Gasteiger partial charge in [0, 0.05) is 19.2 Å². The molecule has 0 saturated heterocycles. The normalized spacial score (nSPS) is 12.2. The van der Waals surface area contributed by atoms with Gasteiger partial charge in [0.1, 0.15) is 11.4 Å². The van der Waals surface area contributed by atoms with Crippen molar-refractivity contribution in [2.45, 2.75) is 26.1 Å². The molecule has 0 heterocycles. The van der Waals surface area contributed by atoms with E-state index in [1.807, 2.05) is 13.0 Å². The maximum atomic E-state index is 12.7. The summed E-state index contributed by atoms with van der Waals surface area (Å²) < 4.78 is 43.7. The lowest BCUT2D eigenvalue weighted by molar-refractivity contribution is -0.384. The third-order valence-corrected chi connectivity index (χ3v) is 3.93. The van der Waals surface area contributed by atoms with Crippen molar-refractivity contribution in [3.05, 3.63) is 63.7 Å². The van der Waals surface area contributed by atoms with Gasteiger partial charge in [0.25, 0.3) is 11.6 Å². The van der Waals surface area contributed by atoms with Crippen LogP contribution in [0.3, 0.4) is 0 Å². The second kappa shape index (κ2) is 9.26. The van der Waals surface area contributed by atoms with Crippen molar-refractivity contribution in [2.75, 3.05) is 18.4 Å². The van der Waals surface area contributed by atoms with E-state index in [4.69, 9.17) is 4.74 Å². The van der Waals surface area contributed by atoms with E-state index < -0.39 is 34.4 Å². The maximum absolute atomic E-state index is 12.7. The summed E-state index contributed by atoms with van der Waals surface area (Å²) in [5, 5.41) is 16.3. The zero-order valence-corrected chi connectivity index (χ0v) is 15.7. The molecule has 1 atom stereocenters. The molecular weight excluding hydrogens is 391 g/mol. The van der Waals surface area contributed by atoms with Gasteiger partial charge in [-0.1, -0.05) is 12.1 Å². The molecule has 7 nitrogen and oxygen atoms in total. The van der Waals surface area contributed by atoms with Crippen molar-refractivity contribution < 1.29 is 27.6 Å². The highest BCUT2D eigenvalue weighted by Crippen LogP contribution is 2.34. The van der Waals surface area contributed by atoms with Crippen molar-refractivity contribution in [3.8, 4) is 5.75 Å². The minimum absolute atomic E-state index is 0.0682. The van der Waals surface area contributed by atoms with E-state index in [1.54, 1.807) is 25.1 Å². The first kappa shape index (κ1) is 22.0. The van der Waals surface area contributed by atoms with Crippen LogP contribution in [0.15, 0.2) is 42.5 Å². The van der Waals surface area contributed by atoms with Crippen LogP contribution in [-0.4, -0.2) is 30.0 Å². The Hall–Kier alpha value is -3.30. The molecule has 2 aromatic carbocycles. The Morgan fingerprint density at radius 1 is 1.21 bits per heavy atom. The molecule has 0 fully saturated rings. The van der Waals surface area contributed by atoms with E-state index in [-0.39, 0.29) is 18.8 Å². The van der Waals surface area contributed by atoms with Crippen LogP contribution in [0.25, 0.3) is 0 Å². The van der Waals surface area contributed by atoms with Gasteiger partial charge in [0.2, 0.25) is 0 Å². The summed E-state index contributed by atoms with van der Waals surface area (Å²) in [6.45, 7) is 3.64. The molecule has 0 aliphatic carbocycles. The third kappa shape index (κ3) is 6.37. The summed E-state index contributed by atoms with van der Waals surface area (Å²) >= 11 is 0. The van der Waals surface area contributed by atoms with Crippen LogP contribution in [0, 0.1) is 17.0 Å². The summed E-state index contributed by atoms with van der Waals surface area (Å²) in [5.74, 6) is 0.154. The van der Waals surface area contributed by atoms with Crippen LogP contribution in [-0.2, 0) is 11.0 Å². The van der Waals surface area contributed by atoms with Crippen molar-refractivity contribution in [1.29, 1.82) is 0 Å². The Kier molecular flexibility index (Phi) is 7.03. The number of ether oxygens (including phenoxy) is 1. The SMILES string of the molecule is Cc1cccc(OC(C)C(=O)NCCNc2ccc(C(F)(F)F)cc2[N+](=O)[O-])c1. The molecule has 1 amide bonds. The van der Waals surface area contributed by atoms with Gasteiger partial charge in [0.05, 0.1) is 10.5 Å². The van der Waals surface area contributed by atoms with Crippen LogP contribution >= 0.6 is 0 Å². The fourth-order valence-electron chi connectivity index (χ4n) is 2.48. The molecule has 0 spiro atoms. The molecule has 156 valence electrons. The number of aryl methyl sites for hydroxylation is 1. The smallest absolute Gasteiger partial charge is 0.416 e. The van der Waals surface area contributed by atoms with Gasteiger partial charge in [-0.3, -0.25) is 14.9 Å². The van der Waals surface area contributed by atoms with Crippen molar-refractivity contribution in [2.24, 2.45) is 0 Å². The van der Waals surface area contributed by atoms with Gasteiger partial charge >= 0.3 is 6.18 Å². The number of nitrogens with one attached hydrogen (secondary N) is 2. The Bertz CT molecular complexity index is 887. The average molecular weight is 411 g/mol. The van der Waals surface area contributed by atoms with Crippen molar-refractivity contribution in [1.82, 2.24) is 5.32 Å². The lowest BCUT2D eigenvalue weighted by Crippen LogP contribution is -2.38. The molecule has 2 aromatic rings. The maximum Gasteiger partial charge on any atom is 0.416 e. The quantitative estimate of drug-likeness (QED) is 0.390. The number of hydrogen-bond donors (Lipinski definition) is 2. The number of nitrogens with zero attached hydrogens (tertiary/aromatic N) is 1. The van der Waals surface area contributed by atoms with Crippen LogP contribution in [0.4, 0.5) is 24.5 Å². The van der Waals surface area contributed by atoms with Crippen LogP contribution in [0.5, 0.6) is 5.75 Å². The zero-order valence-electron chi connectivity index (χ0n) is 15.7. The number of halogens is 3. The first-order valence-corrected chi connectivity index (χ1v) is 8.68. The second-order valence-electron chi connectivity index (χ2n) is 6.28. The Balaban J connectivity index is 1.88. The predicted molar refractivity (Wildman–Crippen MR) is 101 cm³/mol. The van der Waals surface area contributed by atoms with Crippen molar-refractivity contribution >= 4 is 17.3 Å². The topological polar surface area (TPSA) is 93.5 Å². The van der Waals surface area contributed by atoms with Gasteiger partial charge < -0.3 is 15.4 Å². The number of alkyl halides is 3. The average Bonchev–Trinajstić information content (AvgIpc) is 2.64. The molecular formula is C19H20F3N3O4. The predicted octanol–water partition coefficient (Wildman–Crippen LogP) is 3.92. The summed E-state index contributed by atoms with van der Waals surface area (Å²) in [6, 6.07) is 9.42. The summed E-state index contributed by atoms with van der Waals surface area (Å²) in [7, 11) is 0. The Labute approximate surface area is 165 Å². The van der Waals surface area contributed by atoms with E-state index in [1.165, 1.54) is 0 Å². The molecule has 0 radical (unpaired) electrons. The molecule has 0 aromatic heterocycles. The number of amides is 1. The number of carbonyl (C=O) groups excluding carboxylic acids is 1. The molecule has 2 rings (SSSR count). The van der Waals surface area contributed by atoms with Gasteiger partial charge in [0.15, 0.2) is 6.10 Å². The van der Waals surface area contributed by atoms with Gasteiger partial charge in [-0.25, -0.2) is 0 Å². The minimum atomic E-state index is -4.68. The van der Waals surface area contributed by atoms with E-state index in [0.717, 1.165) is 17.7 Å². The molecule has 0 saturated carbocycles. The van der Waals surface area contributed by atoms with E-state index in [0.29, 0.717) is 11.8 Å². The zero-order chi connectivity index (χ0) is 21.6. The number of anilines is 1. The highest BCUT2D eigenvalue weighted by molar-refractivity contribution is 5.80. The van der Waals surface area contributed by atoms with E-state index in [2.05, 4.69) is 10.6 Å². The molecule has 10 heteroatoms. The lowest BCUT2D eigenvalue weighted by atomic mass is 10.1. The number of nitro groups is 1. The van der Waals surface area contributed by atoms with Crippen molar-refractivity contribution in [3.63, 3.8) is 0 Å². The number of rotatable bonds is 8. The molecule has 0 aliphatic heterocycles. The van der Waals surface area contributed by atoms with Gasteiger partial charge in [-0.2, -0.15) is 13.2 Å². The molecule has 29 heavy (non-hydrogen) atoms. The standard InChI is InChI=1S/C19H20F3N3O4/c1-12-4-3-5-15(10-12)29-13(2)18(26)24-9-8-23-16-7-6-14(19(20,21)22)11-17(16)25(27)28/h3-7,10-11,13,23H,8-9H2,1-2H3,(H,24,26). The minimum Gasteiger partial charge on any atom is -0.481 e. The molecule has 0 bridgehead atoms. The molecule has 0 aliphatic rings. The lowest BCUT2D eigenvalue weighted by Gasteiger charge is -2.15. The number of carbonyl (C=O) groups is 1. The highest BCUT2D eigenvalue weighted by atomic mass is 19.4. The summed E-state index contributed by atoms with van der Waals surface area (Å²) in [5.41, 5.74) is -0.883. The van der Waals surface area contributed by atoms with E-state index >= 15 is 0 Å². The van der Waals surface area contributed by atoms with Gasteiger partial charge in [-0.15, -0.1) is 0 Å². The Morgan fingerprint density at radius 2 is 1.93 bits per heavy atom. The first-order chi connectivity index (χ1) is 13.6. The van der Waals surface area contributed by atoms with Crippen LogP contribution < -0.4 is 15.4 Å². The second-order valence-corrected chi connectivity index (χ2v) is 6.28. The summed E-state index contributed by atoms with van der Waals surface area (Å²) in [4.78, 5) is 22.2. The first-order valence-electron chi connectivity index (χ1n) is 8.68. The summed E-state index contributed by atoms with van der Waals surface area (Å²) in [6.07, 6.45) is -5.44. The monoisotopic (exact) mass is 411 g/mol. The van der Waals surface area contributed by atoms with Gasteiger partial charge in [-0.05, 0) is 43.7 Å². The fourth-order valence-corrected chi connectivity index (χ4v) is 2.48. The highest BCUT2D eigenvalue weighted by Gasteiger charge is 2.33. The molecule has 1 unspecified atom stereocenters. The van der Waals surface area contributed by atoms with Crippen LogP contribution in [0.1, 0.15) is 18.1 Å². The largest absolute Gasteiger partial charge is 0.481 e. The number of hydrogen-bond acceptors (Lipinski definition) is 5. The number of nitro benzene ring substituents is 1. The fraction of sp³-hybridized carbons (Fsp3) is 0.316.